The van der Waals surface area contributed by atoms with E-state index in [0.29, 0.717) is 18.0 Å². The van der Waals surface area contributed by atoms with Crippen molar-refractivity contribution >= 4 is 5.97 Å². The van der Waals surface area contributed by atoms with Gasteiger partial charge in [-0.05, 0) is 37.5 Å². The van der Waals surface area contributed by atoms with E-state index in [-0.39, 0.29) is 0 Å². The number of carboxylic acids is 1. The summed E-state index contributed by atoms with van der Waals surface area (Å²) < 4.78 is 2.03. The van der Waals surface area contributed by atoms with Crippen molar-refractivity contribution in [1.82, 2.24) is 9.88 Å². The first kappa shape index (κ1) is 18.9. The summed E-state index contributed by atoms with van der Waals surface area (Å²) >= 11 is 0. The Bertz CT molecular complexity index is 915. The molecule has 0 unspecified atom stereocenters. The molecule has 1 atom stereocenters. The summed E-state index contributed by atoms with van der Waals surface area (Å²) in [5.74, 6) is -0.518. The van der Waals surface area contributed by atoms with Crippen LogP contribution in [0.5, 0.6) is 0 Å². The number of benzene rings is 2. The van der Waals surface area contributed by atoms with Crippen molar-refractivity contribution in [2.24, 2.45) is 0 Å². The second-order valence-electron chi connectivity index (χ2n) is 6.94. The minimum atomic E-state index is -0.877. The van der Waals surface area contributed by atoms with Crippen molar-refractivity contribution in [2.45, 2.75) is 33.2 Å². The zero-order valence-electron chi connectivity index (χ0n) is 16.1. The predicted octanol–water partition coefficient (Wildman–Crippen LogP) is 4.69. The van der Waals surface area contributed by atoms with E-state index in [0.717, 1.165) is 29.2 Å². The third-order valence-electron chi connectivity index (χ3n) is 5.12. The molecule has 27 heavy (non-hydrogen) atoms. The highest BCUT2D eigenvalue weighted by atomic mass is 16.4. The molecule has 0 saturated carbocycles. The summed E-state index contributed by atoms with van der Waals surface area (Å²) in [6.07, 6.45) is 0. The van der Waals surface area contributed by atoms with Gasteiger partial charge in [0.15, 0.2) is 0 Å². The fraction of sp³-hybridized carbons (Fsp3) is 0.261. The number of aromatic carboxylic acids is 1. The maximum Gasteiger partial charge on any atom is 0.337 e. The number of carbonyl (C=O) groups is 1. The van der Waals surface area contributed by atoms with Crippen molar-refractivity contribution in [1.29, 1.82) is 0 Å². The average molecular weight is 362 g/mol. The van der Waals surface area contributed by atoms with Crippen LogP contribution in [0.3, 0.4) is 0 Å². The van der Waals surface area contributed by atoms with E-state index in [1.165, 1.54) is 5.56 Å². The molecule has 1 aromatic heterocycles. The SMILES string of the molecule is Cc1c(CNC[C@H](C)c2ccccc2)c(C(=O)O)c(C)n1-c1ccccc1. The highest BCUT2D eigenvalue weighted by Crippen LogP contribution is 2.26. The topological polar surface area (TPSA) is 54.3 Å². The Morgan fingerprint density at radius 2 is 1.59 bits per heavy atom. The number of nitrogens with zero attached hydrogens (tertiary/aromatic N) is 1. The third kappa shape index (κ3) is 3.96. The van der Waals surface area contributed by atoms with Gasteiger partial charge in [0.2, 0.25) is 0 Å². The molecule has 0 saturated heterocycles. The summed E-state index contributed by atoms with van der Waals surface area (Å²) in [5, 5.41) is 13.2. The molecule has 2 N–H and O–H groups in total. The minimum Gasteiger partial charge on any atom is -0.478 e. The lowest BCUT2D eigenvalue weighted by Crippen LogP contribution is -2.21. The van der Waals surface area contributed by atoms with E-state index in [4.69, 9.17) is 0 Å². The van der Waals surface area contributed by atoms with Crippen LogP contribution in [0, 0.1) is 13.8 Å². The number of rotatable bonds is 7. The molecule has 0 radical (unpaired) electrons. The molecule has 4 nitrogen and oxygen atoms in total. The molecule has 0 aliphatic heterocycles. The van der Waals surface area contributed by atoms with Crippen LogP contribution in [-0.2, 0) is 6.54 Å². The lowest BCUT2D eigenvalue weighted by molar-refractivity contribution is 0.0695. The van der Waals surface area contributed by atoms with Crippen molar-refractivity contribution in [2.75, 3.05) is 6.54 Å². The standard InChI is InChI=1S/C23H26N2O2/c1-16(19-10-6-4-7-11-19)14-24-15-21-17(2)25(18(3)22(21)23(26)27)20-12-8-5-9-13-20/h4-13,16,24H,14-15H2,1-3H3,(H,26,27)/t16-/m0/s1. The number of para-hydroxylation sites is 1. The van der Waals surface area contributed by atoms with E-state index < -0.39 is 5.97 Å². The molecule has 0 spiro atoms. The fourth-order valence-electron chi connectivity index (χ4n) is 3.68. The van der Waals surface area contributed by atoms with E-state index in [2.05, 4.69) is 24.4 Å². The first-order chi connectivity index (χ1) is 13.0. The summed E-state index contributed by atoms with van der Waals surface area (Å²) in [6, 6.07) is 20.2. The van der Waals surface area contributed by atoms with Gasteiger partial charge in [-0.15, -0.1) is 0 Å². The quantitative estimate of drug-likeness (QED) is 0.641. The number of hydrogen-bond acceptors (Lipinski definition) is 2. The monoisotopic (exact) mass is 362 g/mol. The summed E-state index contributed by atoms with van der Waals surface area (Å²) in [7, 11) is 0. The van der Waals surface area contributed by atoms with E-state index >= 15 is 0 Å². The molecule has 0 bridgehead atoms. The molecule has 2 aromatic carbocycles. The van der Waals surface area contributed by atoms with Crippen LogP contribution < -0.4 is 5.32 Å². The van der Waals surface area contributed by atoms with Gasteiger partial charge in [0.25, 0.3) is 0 Å². The van der Waals surface area contributed by atoms with Gasteiger partial charge < -0.3 is 15.0 Å². The van der Waals surface area contributed by atoms with Gasteiger partial charge in [-0.25, -0.2) is 4.79 Å². The zero-order valence-corrected chi connectivity index (χ0v) is 16.1. The maximum atomic E-state index is 11.9. The highest BCUT2D eigenvalue weighted by molar-refractivity contribution is 5.91. The van der Waals surface area contributed by atoms with Gasteiger partial charge in [0, 0.05) is 35.7 Å². The lowest BCUT2D eigenvalue weighted by atomic mass is 10.0. The Labute approximate surface area is 160 Å². The van der Waals surface area contributed by atoms with E-state index in [1.807, 2.05) is 66.9 Å². The summed E-state index contributed by atoms with van der Waals surface area (Å²) in [6.45, 7) is 7.36. The predicted molar refractivity (Wildman–Crippen MR) is 109 cm³/mol. The minimum absolute atomic E-state index is 0.358. The van der Waals surface area contributed by atoms with Gasteiger partial charge in [-0.2, -0.15) is 0 Å². The zero-order chi connectivity index (χ0) is 19.4. The number of hydrogen-bond donors (Lipinski definition) is 2. The molecule has 140 valence electrons. The van der Waals surface area contributed by atoms with Gasteiger partial charge in [0.1, 0.15) is 0 Å². The molecule has 0 fully saturated rings. The molecule has 0 amide bonds. The summed E-state index contributed by atoms with van der Waals surface area (Å²) in [4.78, 5) is 11.9. The van der Waals surface area contributed by atoms with Gasteiger partial charge in [0.05, 0.1) is 5.56 Å². The molecule has 0 aliphatic carbocycles. The molecule has 3 aromatic rings. The molecule has 1 heterocycles. The first-order valence-electron chi connectivity index (χ1n) is 9.25. The second-order valence-corrected chi connectivity index (χ2v) is 6.94. The fourth-order valence-corrected chi connectivity index (χ4v) is 3.68. The normalized spacial score (nSPS) is 12.1. The Kier molecular flexibility index (Phi) is 5.77. The van der Waals surface area contributed by atoms with Crippen LogP contribution >= 0.6 is 0 Å². The molecule has 0 aliphatic rings. The number of nitrogens with one attached hydrogen (secondary N) is 1. The molecule has 3 rings (SSSR count). The molecule has 4 heteroatoms. The Morgan fingerprint density at radius 3 is 2.19 bits per heavy atom. The number of aromatic nitrogens is 1. The second kappa shape index (κ2) is 8.23. The highest BCUT2D eigenvalue weighted by Gasteiger charge is 2.23. The van der Waals surface area contributed by atoms with Gasteiger partial charge in [-0.1, -0.05) is 55.5 Å². The van der Waals surface area contributed by atoms with Crippen LogP contribution in [0.15, 0.2) is 60.7 Å². The smallest absolute Gasteiger partial charge is 0.337 e. The lowest BCUT2D eigenvalue weighted by Gasteiger charge is -2.14. The third-order valence-corrected chi connectivity index (χ3v) is 5.12. The largest absolute Gasteiger partial charge is 0.478 e. The van der Waals surface area contributed by atoms with Crippen molar-refractivity contribution in [3.05, 3.63) is 88.7 Å². The summed E-state index contributed by atoms with van der Waals surface area (Å²) in [5.41, 5.74) is 5.24. The Balaban J connectivity index is 1.84. The van der Waals surface area contributed by atoms with Crippen molar-refractivity contribution in [3.8, 4) is 5.69 Å². The van der Waals surface area contributed by atoms with Crippen LogP contribution in [0.25, 0.3) is 5.69 Å². The first-order valence-corrected chi connectivity index (χ1v) is 9.25. The Hall–Kier alpha value is -2.85. The van der Waals surface area contributed by atoms with Gasteiger partial charge in [-0.3, -0.25) is 0 Å². The van der Waals surface area contributed by atoms with E-state index in [1.54, 1.807) is 0 Å². The molecular weight excluding hydrogens is 336 g/mol. The van der Waals surface area contributed by atoms with Crippen LogP contribution in [0.1, 0.15) is 45.7 Å². The van der Waals surface area contributed by atoms with Crippen LogP contribution in [-0.4, -0.2) is 22.2 Å². The maximum absolute atomic E-state index is 11.9. The van der Waals surface area contributed by atoms with Gasteiger partial charge >= 0.3 is 5.97 Å². The van der Waals surface area contributed by atoms with Crippen LogP contribution in [0.2, 0.25) is 0 Å². The average Bonchev–Trinajstić information content (AvgIpc) is 2.93. The Morgan fingerprint density at radius 1 is 1.00 bits per heavy atom. The van der Waals surface area contributed by atoms with Crippen molar-refractivity contribution in [3.63, 3.8) is 0 Å². The number of carboxylic acid groups (broad SMARTS) is 1. The van der Waals surface area contributed by atoms with Crippen LogP contribution in [0.4, 0.5) is 0 Å². The molecular formula is C23H26N2O2. The van der Waals surface area contributed by atoms with Crippen molar-refractivity contribution < 1.29 is 9.90 Å². The van der Waals surface area contributed by atoms with E-state index in [9.17, 15) is 9.90 Å².